The van der Waals surface area contributed by atoms with E-state index >= 15 is 0 Å². The van der Waals surface area contributed by atoms with E-state index in [1.807, 2.05) is 44.2 Å². The summed E-state index contributed by atoms with van der Waals surface area (Å²) in [5, 5.41) is 13.4. The minimum atomic E-state index is -4.85. The minimum Gasteiger partial charge on any atom is -0.390 e. The predicted molar refractivity (Wildman–Crippen MR) is 143 cm³/mol. The van der Waals surface area contributed by atoms with Gasteiger partial charge in [-0.15, -0.1) is 0 Å². The number of hydrogen-bond donors (Lipinski definition) is 2. The highest BCUT2D eigenvalue weighted by Gasteiger charge is 2.42. The summed E-state index contributed by atoms with van der Waals surface area (Å²) in [5.74, 6) is -3.30. The first-order valence-corrected chi connectivity index (χ1v) is 14.4. The molecule has 0 aliphatic carbocycles. The zero-order valence-electron chi connectivity index (χ0n) is 21.9. The van der Waals surface area contributed by atoms with Crippen LogP contribution in [0, 0.1) is 0 Å². The van der Waals surface area contributed by atoms with Crippen molar-refractivity contribution in [2.45, 2.75) is 50.4 Å². The maximum absolute atomic E-state index is 12.8. The normalized spacial score (nSPS) is 24.1. The highest BCUT2D eigenvalue weighted by molar-refractivity contribution is 7.89. The zero-order valence-corrected chi connectivity index (χ0v) is 22.8. The SMILES string of the molecule is C[C@@H]1CN(c2cccc(-c3ccc4cnc(CC(=O)N[C@H]5CN(S(=O)(=O)C(F)F)C[C@@H]5O)cc4n3)n2)C[C@H](C)O1. The van der Waals surface area contributed by atoms with Gasteiger partial charge in [0.2, 0.25) is 5.91 Å². The van der Waals surface area contributed by atoms with Crippen molar-refractivity contribution in [3.63, 3.8) is 0 Å². The van der Waals surface area contributed by atoms with E-state index in [9.17, 15) is 27.1 Å². The second kappa shape index (κ2) is 11.3. The molecule has 2 saturated heterocycles. The molecule has 0 spiro atoms. The second-order valence-electron chi connectivity index (χ2n) is 10.1. The third-order valence-corrected chi connectivity index (χ3v) is 8.37. The van der Waals surface area contributed by atoms with Crippen molar-refractivity contribution >= 4 is 32.7 Å². The highest BCUT2D eigenvalue weighted by atomic mass is 32.2. The molecule has 0 unspecified atom stereocenters. The van der Waals surface area contributed by atoms with Gasteiger partial charge >= 0.3 is 5.76 Å². The average molecular weight is 577 g/mol. The lowest BCUT2D eigenvalue weighted by Crippen LogP contribution is -2.45. The molecular formula is C26H30F2N6O5S. The Hall–Kier alpha value is -3.33. The Kier molecular flexibility index (Phi) is 7.95. The Morgan fingerprint density at radius 1 is 1.10 bits per heavy atom. The minimum absolute atomic E-state index is 0.0951. The van der Waals surface area contributed by atoms with Gasteiger partial charge in [-0.2, -0.15) is 13.1 Å². The number of nitrogens with zero attached hydrogens (tertiary/aromatic N) is 5. The molecule has 3 aromatic heterocycles. The quantitative estimate of drug-likeness (QED) is 0.429. The number of aromatic nitrogens is 3. The van der Waals surface area contributed by atoms with Gasteiger partial charge in [-0.05, 0) is 44.2 Å². The van der Waals surface area contributed by atoms with Crippen molar-refractivity contribution in [2.24, 2.45) is 0 Å². The molecule has 3 aromatic rings. The number of anilines is 1. The van der Waals surface area contributed by atoms with E-state index in [1.165, 1.54) is 0 Å². The number of fused-ring (bicyclic) bond motifs is 1. The van der Waals surface area contributed by atoms with Crippen LogP contribution in [0.1, 0.15) is 19.5 Å². The fraction of sp³-hybridized carbons (Fsp3) is 0.462. The van der Waals surface area contributed by atoms with Gasteiger partial charge < -0.3 is 20.1 Å². The van der Waals surface area contributed by atoms with Gasteiger partial charge in [0.05, 0.1) is 53.4 Å². The molecule has 4 atom stereocenters. The molecule has 214 valence electrons. The fourth-order valence-corrected chi connectivity index (χ4v) is 5.99. The molecule has 2 N–H and O–H groups in total. The van der Waals surface area contributed by atoms with Gasteiger partial charge in [-0.1, -0.05) is 6.07 Å². The topological polar surface area (TPSA) is 138 Å². The number of morpholine rings is 1. The largest absolute Gasteiger partial charge is 0.390 e. The number of aliphatic hydroxyl groups excluding tert-OH is 1. The van der Waals surface area contributed by atoms with Crippen LogP contribution in [0.15, 0.2) is 42.6 Å². The molecule has 14 heteroatoms. The Balaban J connectivity index is 1.29. The number of sulfonamides is 1. The molecule has 1 amide bonds. The first kappa shape index (κ1) is 28.2. The average Bonchev–Trinajstić information content (AvgIpc) is 3.28. The lowest BCUT2D eigenvalue weighted by Gasteiger charge is -2.36. The van der Waals surface area contributed by atoms with Crippen LogP contribution in [-0.4, -0.2) is 95.0 Å². The Morgan fingerprint density at radius 3 is 2.55 bits per heavy atom. The summed E-state index contributed by atoms with van der Waals surface area (Å²) in [6.07, 6.45) is 0.304. The number of ether oxygens (including phenoxy) is 1. The summed E-state index contributed by atoms with van der Waals surface area (Å²) in [6.45, 7) is 4.58. The molecule has 0 aromatic carbocycles. The molecular weight excluding hydrogens is 546 g/mol. The van der Waals surface area contributed by atoms with Crippen LogP contribution in [0.3, 0.4) is 0 Å². The van der Waals surface area contributed by atoms with E-state index in [0.29, 0.717) is 26.9 Å². The molecule has 2 fully saturated rings. The van der Waals surface area contributed by atoms with E-state index < -0.39 is 46.9 Å². The van der Waals surface area contributed by atoms with Crippen LogP contribution in [0.25, 0.3) is 22.3 Å². The third-order valence-electron chi connectivity index (χ3n) is 6.90. The van der Waals surface area contributed by atoms with E-state index in [0.717, 1.165) is 24.3 Å². The van der Waals surface area contributed by atoms with E-state index in [2.05, 4.69) is 15.2 Å². The molecule has 0 radical (unpaired) electrons. The predicted octanol–water partition coefficient (Wildman–Crippen LogP) is 1.56. The Morgan fingerprint density at radius 2 is 1.82 bits per heavy atom. The zero-order chi connectivity index (χ0) is 28.6. The van der Waals surface area contributed by atoms with Crippen molar-refractivity contribution in [1.82, 2.24) is 24.6 Å². The van der Waals surface area contributed by atoms with Crippen LogP contribution in [0.5, 0.6) is 0 Å². The summed E-state index contributed by atoms with van der Waals surface area (Å²) in [7, 11) is -4.85. The van der Waals surface area contributed by atoms with Crippen molar-refractivity contribution in [3.8, 4) is 11.4 Å². The molecule has 11 nitrogen and oxygen atoms in total. The summed E-state index contributed by atoms with van der Waals surface area (Å²) in [5.41, 5.74) is 2.35. The standard InChI is InChI=1S/C26H30F2N6O5S/c1-15-11-33(12-16(2)39-15)24-5-3-4-19(31-24)20-7-6-17-10-29-18(8-21(17)30-20)9-25(36)32-22-13-34(14-23(22)35)40(37,38)26(27)28/h3-8,10,15-16,22-23,26,35H,9,11-14H2,1-2H3,(H,32,36)/t15-,16+,22-,23-/m0/s1. The molecule has 2 aliphatic heterocycles. The van der Waals surface area contributed by atoms with Gasteiger partial charge in [0.1, 0.15) is 5.82 Å². The Labute approximate surface area is 230 Å². The molecule has 2 aliphatic rings. The summed E-state index contributed by atoms with van der Waals surface area (Å²) in [4.78, 5) is 28.7. The maximum Gasteiger partial charge on any atom is 0.350 e. The molecule has 5 rings (SSSR count). The number of pyridine rings is 3. The van der Waals surface area contributed by atoms with Crippen molar-refractivity contribution in [2.75, 3.05) is 31.1 Å². The first-order valence-electron chi connectivity index (χ1n) is 12.9. The third kappa shape index (κ3) is 6.04. The van der Waals surface area contributed by atoms with Gasteiger partial charge in [0.15, 0.2) is 0 Å². The van der Waals surface area contributed by atoms with Crippen molar-refractivity contribution < 1.29 is 31.8 Å². The monoisotopic (exact) mass is 576 g/mol. The summed E-state index contributed by atoms with van der Waals surface area (Å²) >= 11 is 0. The maximum atomic E-state index is 12.8. The lowest BCUT2D eigenvalue weighted by molar-refractivity contribution is -0.121. The van der Waals surface area contributed by atoms with E-state index in [4.69, 9.17) is 14.7 Å². The van der Waals surface area contributed by atoms with Crippen LogP contribution in [0.4, 0.5) is 14.6 Å². The number of carbonyl (C=O) groups excluding carboxylic acids is 1. The number of carbonyl (C=O) groups is 1. The number of hydrogen-bond acceptors (Lipinski definition) is 9. The van der Waals surface area contributed by atoms with Crippen LogP contribution >= 0.6 is 0 Å². The number of alkyl halides is 2. The molecule has 0 bridgehead atoms. The second-order valence-corrected chi connectivity index (χ2v) is 12.1. The summed E-state index contributed by atoms with van der Waals surface area (Å²) in [6, 6.07) is 10.2. The first-order chi connectivity index (χ1) is 19.0. The van der Waals surface area contributed by atoms with Crippen molar-refractivity contribution in [3.05, 3.63) is 48.3 Å². The highest BCUT2D eigenvalue weighted by Crippen LogP contribution is 2.25. The molecule has 5 heterocycles. The Bertz CT molecular complexity index is 1500. The van der Waals surface area contributed by atoms with Crippen LogP contribution < -0.4 is 10.2 Å². The number of rotatable bonds is 7. The molecule has 0 saturated carbocycles. The molecule has 40 heavy (non-hydrogen) atoms. The fourth-order valence-electron chi connectivity index (χ4n) is 5.04. The van der Waals surface area contributed by atoms with E-state index in [-0.39, 0.29) is 18.6 Å². The van der Waals surface area contributed by atoms with Gasteiger partial charge in [-0.3, -0.25) is 9.78 Å². The number of aliphatic hydroxyl groups is 1. The van der Waals surface area contributed by atoms with Gasteiger partial charge in [0, 0.05) is 37.8 Å². The van der Waals surface area contributed by atoms with Gasteiger partial charge in [0.25, 0.3) is 10.0 Å². The summed E-state index contributed by atoms with van der Waals surface area (Å²) < 4.78 is 55.4. The number of halogens is 2. The van der Waals surface area contributed by atoms with Crippen molar-refractivity contribution in [1.29, 1.82) is 0 Å². The van der Waals surface area contributed by atoms with E-state index in [1.54, 1.807) is 12.3 Å². The number of β-amino-alcohol motifs (C(OH)–C–C–N with tert-alkyl or cyclic N) is 1. The van der Waals surface area contributed by atoms with Crippen LogP contribution in [0.2, 0.25) is 0 Å². The lowest BCUT2D eigenvalue weighted by atomic mass is 10.1. The smallest absolute Gasteiger partial charge is 0.350 e. The van der Waals surface area contributed by atoms with Crippen LogP contribution in [-0.2, 0) is 26.0 Å². The number of nitrogens with one attached hydrogen (secondary N) is 1. The van der Waals surface area contributed by atoms with Gasteiger partial charge in [-0.25, -0.2) is 18.4 Å². The number of amides is 1.